The number of benzene rings is 1. The molecule has 0 aliphatic rings. The molecule has 0 amide bonds. The van der Waals surface area contributed by atoms with Gasteiger partial charge in [0.2, 0.25) is 0 Å². The van der Waals surface area contributed by atoms with Gasteiger partial charge in [-0.3, -0.25) is 4.79 Å². The van der Waals surface area contributed by atoms with Crippen molar-refractivity contribution in [2.24, 2.45) is 0 Å². The minimum absolute atomic E-state index is 0.103. The molecule has 0 saturated heterocycles. The van der Waals surface area contributed by atoms with Gasteiger partial charge in [-0.05, 0) is 32.4 Å². The van der Waals surface area contributed by atoms with E-state index in [0.29, 0.717) is 12.0 Å². The number of ether oxygens (including phenoxy) is 1. The normalized spacial score (nSPS) is 10.4. The first-order valence-electron chi connectivity index (χ1n) is 5.99. The van der Waals surface area contributed by atoms with Crippen LogP contribution in [0, 0.1) is 0 Å². The second-order valence-electron chi connectivity index (χ2n) is 4.40. The van der Waals surface area contributed by atoms with E-state index in [2.05, 4.69) is 6.58 Å². The highest BCUT2D eigenvalue weighted by Crippen LogP contribution is 2.17. The van der Waals surface area contributed by atoms with Gasteiger partial charge >= 0.3 is 0 Å². The average Bonchev–Trinajstić information content (AvgIpc) is 2.28. The van der Waals surface area contributed by atoms with Crippen LogP contribution in [0.5, 0.6) is 5.75 Å². The Labute approximate surface area is 103 Å². The van der Waals surface area contributed by atoms with Gasteiger partial charge in [0.15, 0.2) is 5.78 Å². The summed E-state index contributed by atoms with van der Waals surface area (Å²) in [5, 5.41) is 0. The molecule has 1 rings (SSSR count). The fraction of sp³-hybridized carbons (Fsp3) is 0.400. The van der Waals surface area contributed by atoms with Gasteiger partial charge in [-0.25, -0.2) is 0 Å². The van der Waals surface area contributed by atoms with E-state index in [-0.39, 0.29) is 11.9 Å². The van der Waals surface area contributed by atoms with Crippen molar-refractivity contribution < 1.29 is 9.53 Å². The first-order valence-corrected chi connectivity index (χ1v) is 5.99. The Balaban J connectivity index is 2.77. The third kappa shape index (κ3) is 4.43. The summed E-state index contributed by atoms with van der Waals surface area (Å²) in [6.07, 6.45) is 1.38. The smallest absolute Gasteiger partial charge is 0.167 e. The van der Waals surface area contributed by atoms with Crippen LogP contribution >= 0.6 is 0 Å². The zero-order valence-corrected chi connectivity index (χ0v) is 10.8. The molecule has 0 fully saturated rings. The Hall–Kier alpha value is -1.57. The summed E-state index contributed by atoms with van der Waals surface area (Å²) >= 11 is 0. The Kier molecular flexibility index (Phi) is 4.95. The molecule has 0 atom stereocenters. The van der Waals surface area contributed by atoms with Gasteiger partial charge in [0.1, 0.15) is 5.75 Å². The molecule has 2 nitrogen and oxygen atoms in total. The van der Waals surface area contributed by atoms with Crippen molar-refractivity contribution >= 4 is 5.78 Å². The van der Waals surface area contributed by atoms with Crippen LogP contribution in [0.25, 0.3) is 0 Å². The van der Waals surface area contributed by atoms with Gasteiger partial charge in [-0.15, -0.1) is 0 Å². The van der Waals surface area contributed by atoms with E-state index in [4.69, 9.17) is 4.74 Å². The van der Waals surface area contributed by atoms with E-state index in [1.54, 1.807) is 6.07 Å². The topological polar surface area (TPSA) is 26.3 Å². The minimum Gasteiger partial charge on any atom is -0.491 e. The first kappa shape index (κ1) is 13.5. The number of Topliss-reactive ketones (excluding diaryl/α,β-unsaturated/α-hetero) is 1. The molecule has 0 aromatic heterocycles. The van der Waals surface area contributed by atoms with E-state index in [1.165, 1.54) is 0 Å². The summed E-state index contributed by atoms with van der Waals surface area (Å²) in [6, 6.07) is 7.33. The maximum absolute atomic E-state index is 11.9. The van der Waals surface area contributed by atoms with Crippen LogP contribution in [0.2, 0.25) is 0 Å². The zero-order valence-electron chi connectivity index (χ0n) is 10.8. The fourth-order valence-electron chi connectivity index (χ4n) is 1.47. The number of allylic oxidation sites excluding steroid dienone is 1. The van der Waals surface area contributed by atoms with Gasteiger partial charge in [0.25, 0.3) is 0 Å². The minimum atomic E-state index is 0.103. The standard InChI is InChI=1S/C15H20O2/c1-5-12(4)9-15(16)13-7-6-8-14(10-13)17-11(2)3/h6-8,10-11H,4-5,9H2,1-3H3. The quantitative estimate of drug-likeness (QED) is 0.547. The summed E-state index contributed by atoms with van der Waals surface area (Å²) in [6.45, 7) is 9.80. The number of carbonyl (C=O) groups excluding carboxylic acids is 1. The SMILES string of the molecule is C=C(CC)CC(=O)c1cccc(OC(C)C)c1. The van der Waals surface area contributed by atoms with E-state index in [9.17, 15) is 4.79 Å². The summed E-state index contributed by atoms with van der Waals surface area (Å²) in [5.41, 5.74) is 1.66. The fourth-order valence-corrected chi connectivity index (χ4v) is 1.47. The summed E-state index contributed by atoms with van der Waals surface area (Å²) < 4.78 is 5.56. The molecule has 92 valence electrons. The van der Waals surface area contributed by atoms with E-state index >= 15 is 0 Å². The van der Waals surface area contributed by atoms with Crippen molar-refractivity contribution in [2.75, 3.05) is 0 Å². The van der Waals surface area contributed by atoms with Crippen LogP contribution in [-0.2, 0) is 0 Å². The molecule has 1 aromatic carbocycles. The van der Waals surface area contributed by atoms with Crippen LogP contribution in [0.15, 0.2) is 36.4 Å². The van der Waals surface area contributed by atoms with Crippen LogP contribution in [0.4, 0.5) is 0 Å². The molecule has 0 unspecified atom stereocenters. The van der Waals surface area contributed by atoms with Crippen molar-refractivity contribution in [1.82, 2.24) is 0 Å². The van der Waals surface area contributed by atoms with Crippen molar-refractivity contribution in [3.05, 3.63) is 42.0 Å². The third-order valence-electron chi connectivity index (χ3n) is 2.44. The number of ketones is 1. The second-order valence-corrected chi connectivity index (χ2v) is 4.40. The molecule has 0 radical (unpaired) electrons. The molecule has 0 bridgehead atoms. The molecule has 0 aliphatic carbocycles. The van der Waals surface area contributed by atoms with Crippen molar-refractivity contribution in [1.29, 1.82) is 0 Å². The lowest BCUT2D eigenvalue weighted by molar-refractivity contribution is 0.0991. The van der Waals surface area contributed by atoms with Gasteiger partial charge in [-0.2, -0.15) is 0 Å². The predicted molar refractivity (Wildman–Crippen MR) is 70.6 cm³/mol. The van der Waals surface area contributed by atoms with Crippen molar-refractivity contribution in [3.63, 3.8) is 0 Å². The molecule has 0 spiro atoms. The molecule has 0 N–H and O–H groups in total. The lowest BCUT2D eigenvalue weighted by atomic mass is 10.0. The molecular formula is C15H20O2. The average molecular weight is 232 g/mol. The highest BCUT2D eigenvalue weighted by molar-refractivity contribution is 5.97. The molecule has 1 aromatic rings. The second kappa shape index (κ2) is 6.24. The first-order chi connectivity index (χ1) is 8.02. The number of rotatable bonds is 6. The Morgan fingerprint density at radius 1 is 1.41 bits per heavy atom. The van der Waals surface area contributed by atoms with Crippen LogP contribution < -0.4 is 4.74 Å². The molecule has 0 aliphatic heterocycles. The third-order valence-corrected chi connectivity index (χ3v) is 2.44. The molecule has 2 heteroatoms. The highest BCUT2D eigenvalue weighted by Gasteiger charge is 2.08. The van der Waals surface area contributed by atoms with Crippen molar-refractivity contribution in [2.45, 2.75) is 39.7 Å². The monoisotopic (exact) mass is 232 g/mol. The van der Waals surface area contributed by atoms with E-state index < -0.39 is 0 Å². The van der Waals surface area contributed by atoms with E-state index in [0.717, 1.165) is 17.7 Å². The van der Waals surface area contributed by atoms with Gasteiger partial charge in [0.05, 0.1) is 6.10 Å². The summed E-state index contributed by atoms with van der Waals surface area (Å²) in [4.78, 5) is 11.9. The summed E-state index contributed by atoms with van der Waals surface area (Å²) in [7, 11) is 0. The van der Waals surface area contributed by atoms with Crippen LogP contribution in [-0.4, -0.2) is 11.9 Å². The number of hydrogen-bond acceptors (Lipinski definition) is 2. The lowest BCUT2D eigenvalue weighted by Crippen LogP contribution is -2.07. The van der Waals surface area contributed by atoms with Crippen LogP contribution in [0.1, 0.15) is 44.0 Å². The largest absolute Gasteiger partial charge is 0.491 e. The predicted octanol–water partition coefficient (Wildman–Crippen LogP) is 4.01. The van der Waals surface area contributed by atoms with Crippen molar-refractivity contribution in [3.8, 4) is 5.75 Å². The molecule has 17 heavy (non-hydrogen) atoms. The zero-order chi connectivity index (χ0) is 12.8. The van der Waals surface area contributed by atoms with Crippen LogP contribution in [0.3, 0.4) is 0 Å². The van der Waals surface area contributed by atoms with Gasteiger partial charge in [0, 0.05) is 12.0 Å². The van der Waals surface area contributed by atoms with Gasteiger partial charge in [-0.1, -0.05) is 31.2 Å². The number of hydrogen-bond donors (Lipinski definition) is 0. The highest BCUT2D eigenvalue weighted by atomic mass is 16.5. The lowest BCUT2D eigenvalue weighted by Gasteiger charge is -2.10. The molecular weight excluding hydrogens is 212 g/mol. The Bertz CT molecular complexity index is 405. The maximum Gasteiger partial charge on any atom is 0.167 e. The van der Waals surface area contributed by atoms with E-state index in [1.807, 2.05) is 39.0 Å². The number of carbonyl (C=O) groups is 1. The molecule has 0 heterocycles. The maximum atomic E-state index is 11.9. The Morgan fingerprint density at radius 2 is 2.12 bits per heavy atom. The molecule has 0 saturated carbocycles. The van der Waals surface area contributed by atoms with Gasteiger partial charge < -0.3 is 4.74 Å². The Morgan fingerprint density at radius 3 is 2.71 bits per heavy atom. The summed E-state index contributed by atoms with van der Waals surface area (Å²) in [5.74, 6) is 0.846.